The molecule has 0 aromatic heterocycles. The molecule has 1 heterocycles. The van der Waals surface area contributed by atoms with Gasteiger partial charge in [-0.05, 0) is 25.1 Å². The first kappa shape index (κ1) is 22.6. The Morgan fingerprint density at radius 3 is 2.46 bits per heavy atom. The lowest BCUT2D eigenvalue weighted by atomic mass is 10.3. The number of morpholine rings is 1. The number of nitrogens with one attached hydrogen (secondary N) is 1. The summed E-state index contributed by atoms with van der Waals surface area (Å²) in [5.74, 6) is -0.325. The number of carbonyl (C=O) groups excluding carboxylic acids is 1. The summed E-state index contributed by atoms with van der Waals surface area (Å²) in [6, 6.07) is 4.19. The third kappa shape index (κ3) is 5.64. The smallest absolute Gasteiger partial charge is 0.243 e. The van der Waals surface area contributed by atoms with Gasteiger partial charge in [-0.25, -0.2) is 16.8 Å². The van der Waals surface area contributed by atoms with E-state index >= 15 is 0 Å². The normalized spacial score (nSPS) is 16.1. The van der Waals surface area contributed by atoms with E-state index in [1.165, 1.54) is 29.6 Å². The van der Waals surface area contributed by atoms with Crippen LogP contribution in [0.15, 0.2) is 23.1 Å². The maximum Gasteiger partial charge on any atom is 0.243 e. The molecule has 12 heteroatoms. The largest absolute Gasteiger partial charge is 0.492 e. The summed E-state index contributed by atoms with van der Waals surface area (Å²) in [5.41, 5.74) is 0.156. The van der Waals surface area contributed by atoms with Gasteiger partial charge >= 0.3 is 0 Å². The van der Waals surface area contributed by atoms with Crippen LogP contribution in [0.3, 0.4) is 0 Å². The maximum absolute atomic E-state index is 12.8. The molecule has 0 spiro atoms. The number of hydrogen-bond acceptors (Lipinski definition) is 7. The van der Waals surface area contributed by atoms with Gasteiger partial charge in [-0.3, -0.25) is 4.79 Å². The van der Waals surface area contributed by atoms with Gasteiger partial charge in [-0.1, -0.05) is 0 Å². The highest BCUT2D eigenvalue weighted by Crippen LogP contribution is 2.29. The Morgan fingerprint density at radius 2 is 1.89 bits per heavy atom. The molecular formula is C16H25N3O7S2. The number of anilines is 1. The second-order valence-electron chi connectivity index (χ2n) is 6.17. The highest BCUT2D eigenvalue weighted by atomic mass is 32.2. The van der Waals surface area contributed by atoms with Crippen molar-refractivity contribution in [2.45, 2.75) is 11.8 Å². The number of benzene rings is 1. The van der Waals surface area contributed by atoms with Crippen molar-refractivity contribution in [2.75, 3.05) is 58.1 Å². The van der Waals surface area contributed by atoms with E-state index in [9.17, 15) is 21.6 Å². The van der Waals surface area contributed by atoms with Gasteiger partial charge < -0.3 is 14.8 Å². The molecule has 1 N–H and O–H groups in total. The number of sulfonamides is 2. The monoisotopic (exact) mass is 435 g/mol. The van der Waals surface area contributed by atoms with Crippen LogP contribution >= 0.6 is 0 Å². The second-order valence-corrected chi connectivity index (χ2v) is 10.2. The molecule has 28 heavy (non-hydrogen) atoms. The van der Waals surface area contributed by atoms with Gasteiger partial charge in [-0.2, -0.15) is 8.61 Å². The zero-order valence-electron chi connectivity index (χ0n) is 16.0. The topological polar surface area (TPSA) is 122 Å². The first-order valence-corrected chi connectivity index (χ1v) is 11.9. The molecule has 0 aliphatic carbocycles. The second kappa shape index (κ2) is 9.18. The van der Waals surface area contributed by atoms with Crippen LogP contribution in [0.5, 0.6) is 5.75 Å². The van der Waals surface area contributed by atoms with Gasteiger partial charge in [0.05, 0.1) is 43.2 Å². The molecule has 10 nitrogen and oxygen atoms in total. The summed E-state index contributed by atoms with van der Waals surface area (Å²) in [4.78, 5) is 12.2. The molecule has 1 fully saturated rings. The van der Waals surface area contributed by atoms with Crippen molar-refractivity contribution >= 4 is 31.6 Å². The Balaban J connectivity index is 2.28. The first-order valence-electron chi connectivity index (χ1n) is 8.61. The predicted octanol–water partition coefficient (Wildman–Crippen LogP) is -0.0639. The van der Waals surface area contributed by atoms with Crippen LogP contribution in [0.1, 0.15) is 6.92 Å². The van der Waals surface area contributed by atoms with E-state index in [0.29, 0.717) is 25.6 Å². The number of nitrogens with zero attached hydrogens (tertiary/aromatic N) is 2. The summed E-state index contributed by atoms with van der Waals surface area (Å²) in [5, 5.41) is 2.54. The van der Waals surface area contributed by atoms with Gasteiger partial charge in [0, 0.05) is 20.1 Å². The van der Waals surface area contributed by atoms with Crippen LogP contribution in [-0.4, -0.2) is 84.1 Å². The minimum Gasteiger partial charge on any atom is -0.492 e. The molecule has 0 unspecified atom stereocenters. The zero-order chi connectivity index (χ0) is 20.9. The molecule has 1 aromatic carbocycles. The fraction of sp³-hybridized carbons (Fsp3) is 0.562. The third-order valence-corrected chi connectivity index (χ3v) is 7.22. The van der Waals surface area contributed by atoms with Gasteiger partial charge in [0.15, 0.2) is 0 Å². The SMILES string of the molecule is CCOc1ccc(S(=O)(=O)N2CCOCC2)cc1NC(=O)CN(C)S(C)(=O)=O. The van der Waals surface area contributed by atoms with Crippen molar-refractivity contribution in [1.82, 2.24) is 8.61 Å². The van der Waals surface area contributed by atoms with Crippen LogP contribution in [-0.2, 0) is 29.6 Å². The number of amides is 1. The lowest BCUT2D eigenvalue weighted by Gasteiger charge is -2.26. The molecule has 1 amide bonds. The summed E-state index contributed by atoms with van der Waals surface area (Å²) in [6.45, 7) is 2.77. The van der Waals surface area contributed by atoms with E-state index in [0.717, 1.165) is 10.6 Å². The van der Waals surface area contributed by atoms with Crippen molar-refractivity contribution in [3.05, 3.63) is 18.2 Å². The van der Waals surface area contributed by atoms with Crippen molar-refractivity contribution in [3.8, 4) is 5.75 Å². The predicted molar refractivity (Wildman–Crippen MR) is 103 cm³/mol. The fourth-order valence-corrected chi connectivity index (χ4v) is 4.28. The van der Waals surface area contributed by atoms with E-state index in [-0.39, 0.29) is 23.7 Å². The molecule has 1 aromatic rings. The Morgan fingerprint density at radius 1 is 1.25 bits per heavy atom. The molecule has 1 aliphatic heterocycles. The molecule has 158 valence electrons. The van der Waals surface area contributed by atoms with Gasteiger partial charge in [0.2, 0.25) is 26.0 Å². The molecule has 0 bridgehead atoms. The van der Waals surface area contributed by atoms with E-state index < -0.39 is 32.5 Å². The van der Waals surface area contributed by atoms with Crippen LogP contribution in [0.25, 0.3) is 0 Å². The summed E-state index contributed by atoms with van der Waals surface area (Å²) in [6.07, 6.45) is 0.988. The molecule has 0 atom stereocenters. The van der Waals surface area contributed by atoms with E-state index in [2.05, 4.69) is 5.32 Å². The van der Waals surface area contributed by atoms with Gasteiger partial charge in [0.1, 0.15) is 5.75 Å². The highest BCUT2D eigenvalue weighted by molar-refractivity contribution is 7.89. The fourth-order valence-electron chi connectivity index (χ4n) is 2.49. The Bertz CT molecular complexity index is 910. The van der Waals surface area contributed by atoms with Crippen molar-refractivity contribution in [2.24, 2.45) is 0 Å². The molecule has 1 aliphatic rings. The number of likely N-dealkylation sites (N-methyl/N-ethyl adjacent to an activating group) is 1. The lowest BCUT2D eigenvalue weighted by molar-refractivity contribution is -0.116. The molecule has 0 saturated carbocycles. The minimum absolute atomic E-state index is 0.00428. The number of hydrogen-bond donors (Lipinski definition) is 1. The third-order valence-electron chi connectivity index (χ3n) is 4.07. The minimum atomic E-state index is -3.76. The van der Waals surface area contributed by atoms with Crippen molar-refractivity contribution < 1.29 is 31.1 Å². The quantitative estimate of drug-likeness (QED) is 0.607. The van der Waals surface area contributed by atoms with Crippen molar-refractivity contribution in [3.63, 3.8) is 0 Å². The summed E-state index contributed by atoms with van der Waals surface area (Å²) >= 11 is 0. The zero-order valence-corrected chi connectivity index (χ0v) is 17.7. The van der Waals surface area contributed by atoms with E-state index in [1.54, 1.807) is 6.92 Å². The van der Waals surface area contributed by atoms with Crippen LogP contribution in [0.2, 0.25) is 0 Å². The lowest BCUT2D eigenvalue weighted by Crippen LogP contribution is -2.40. The van der Waals surface area contributed by atoms with Gasteiger partial charge in [0.25, 0.3) is 0 Å². The maximum atomic E-state index is 12.8. The van der Waals surface area contributed by atoms with E-state index in [4.69, 9.17) is 9.47 Å². The molecule has 1 saturated heterocycles. The Kier molecular flexibility index (Phi) is 7.39. The highest BCUT2D eigenvalue weighted by Gasteiger charge is 2.27. The molecule has 2 rings (SSSR count). The number of rotatable bonds is 8. The van der Waals surface area contributed by atoms with E-state index in [1.807, 2.05) is 0 Å². The summed E-state index contributed by atoms with van der Waals surface area (Å²) < 4.78 is 61.5. The van der Waals surface area contributed by atoms with Gasteiger partial charge in [-0.15, -0.1) is 0 Å². The van der Waals surface area contributed by atoms with Crippen LogP contribution < -0.4 is 10.1 Å². The van der Waals surface area contributed by atoms with Crippen LogP contribution in [0, 0.1) is 0 Å². The number of carbonyl (C=O) groups is 1. The Hall–Kier alpha value is -1.73. The van der Waals surface area contributed by atoms with Crippen molar-refractivity contribution in [1.29, 1.82) is 0 Å². The average Bonchev–Trinajstić information content (AvgIpc) is 2.63. The average molecular weight is 436 g/mol. The first-order chi connectivity index (χ1) is 13.1. The molecule has 0 radical (unpaired) electrons. The van der Waals surface area contributed by atoms with Crippen LogP contribution in [0.4, 0.5) is 5.69 Å². The molecular weight excluding hydrogens is 410 g/mol. The number of ether oxygens (including phenoxy) is 2. The standard InChI is InChI=1S/C16H25N3O7S2/c1-4-26-15-6-5-13(28(23,24)19-7-9-25-10-8-19)11-14(15)17-16(20)12-18(2)27(3,21)22/h5-6,11H,4,7-10,12H2,1-3H3,(H,17,20). The Labute approximate surface area is 165 Å². The summed E-state index contributed by atoms with van der Waals surface area (Å²) in [7, 11) is -6.01.